The number of benzene rings is 2. The Morgan fingerprint density at radius 2 is 2.00 bits per heavy atom. The van der Waals surface area contributed by atoms with E-state index in [0.29, 0.717) is 15.9 Å². The number of halogens is 2. The highest BCUT2D eigenvalue weighted by molar-refractivity contribution is 6.42. The van der Waals surface area contributed by atoms with Crippen LogP contribution in [-0.2, 0) is 16.1 Å². The van der Waals surface area contributed by atoms with Gasteiger partial charge in [-0.1, -0.05) is 47.0 Å². The van der Waals surface area contributed by atoms with Crippen molar-refractivity contribution in [1.29, 1.82) is 0 Å². The van der Waals surface area contributed by atoms with Crippen molar-refractivity contribution in [2.75, 3.05) is 0 Å². The molecule has 0 aliphatic carbocycles. The van der Waals surface area contributed by atoms with Crippen molar-refractivity contribution in [2.45, 2.75) is 13.5 Å². The number of rotatable bonds is 5. The molecule has 0 atom stereocenters. The quantitative estimate of drug-likeness (QED) is 0.448. The van der Waals surface area contributed by atoms with E-state index in [2.05, 4.69) is 10.2 Å². The molecular formula is C19H14Cl2N2O3. The first kappa shape index (κ1) is 18.2. The standard InChI is InChI=1S/C19H14Cl2N2O3/c1-12-3-2-4-14(9-12)19-23-22-17(26-19)11-25-18(24)8-6-13-5-7-15(20)16(21)10-13/h2-10H,11H2,1H3/b8-6+. The lowest BCUT2D eigenvalue weighted by atomic mass is 10.1. The first-order chi connectivity index (χ1) is 12.5. The van der Waals surface area contributed by atoms with Crippen LogP contribution in [0.3, 0.4) is 0 Å². The van der Waals surface area contributed by atoms with Crippen LogP contribution in [0.15, 0.2) is 53.0 Å². The number of esters is 1. The third-order valence-corrected chi connectivity index (χ3v) is 4.16. The lowest BCUT2D eigenvalue weighted by Crippen LogP contribution is -2.00. The molecule has 0 amide bonds. The summed E-state index contributed by atoms with van der Waals surface area (Å²) in [5.41, 5.74) is 2.63. The van der Waals surface area contributed by atoms with E-state index >= 15 is 0 Å². The van der Waals surface area contributed by atoms with Gasteiger partial charge in [0.05, 0.1) is 10.0 Å². The maximum atomic E-state index is 11.8. The van der Waals surface area contributed by atoms with Gasteiger partial charge < -0.3 is 9.15 Å². The second-order valence-corrected chi connectivity index (χ2v) is 6.30. The first-order valence-corrected chi connectivity index (χ1v) is 8.46. The average molecular weight is 389 g/mol. The topological polar surface area (TPSA) is 65.2 Å². The summed E-state index contributed by atoms with van der Waals surface area (Å²) in [5.74, 6) is 0.0651. The van der Waals surface area contributed by atoms with E-state index in [0.717, 1.165) is 16.7 Å². The molecule has 3 aromatic rings. The lowest BCUT2D eigenvalue weighted by Gasteiger charge is -1.99. The molecule has 5 nitrogen and oxygen atoms in total. The van der Waals surface area contributed by atoms with Gasteiger partial charge in [0, 0.05) is 11.6 Å². The highest BCUT2D eigenvalue weighted by Crippen LogP contribution is 2.23. The smallest absolute Gasteiger partial charge is 0.331 e. The molecule has 2 aromatic carbocycles. The average Bonchev–Trinajstić information content (AvgIpc) is 3.10. The number of ether oxygens (including phenoxy) is 1. The summed E-state index contributed by atoms with van der Waals surface area (Å²) in [7, 11) is 0. The van der Waals surface area contributed by atoms with E-state index in [1.54, 1.807) is 24.3 Å². The highest BCUT2D eigenvalue weighted by Gasteiger charge is 2.10. The van der Waals surface area contributed by atoms with E-state index < -0.39 is 5.97 Å². The zero-order chi connectivity index (χ0) is 18.5. The van der Waals surface area contributed by atoms with E-state index in [-0.39, 0.29) is 12.5 Å². The number of carbonyl (C=O) groups is 1. The zero-order valence-electron chi connectivity index (χ0n) is 13.8. The Morgan fingerprint density at radius 1 is 1.15 bits per heavy atom. The van der Waals surface area contributed by atoms with Crippen LogP contribution in [-0.4, -0.2) is 16.2 Å². The van der Waals surface area contributed by atoms with Crippen LogP contribution in [0.1, 0.15) is 17.0 Å². The zero-order valence-corrected chi connectivity index (χ0v) is 15.3. The van der Waals surface area contributed by atoms with Gasteiger partial charge >= 0.3 is 5.97 Å². The maximum absolute atomic E-state index is 11.8. The van der Waals surface area contributed by atoms with Crippen molar-refractivity contribution in [3.8, 4) is 11.5 Å². The molecule has 0 aliphatic rings. The van der Waals surface area contributed by atoms with Gasteiger partial charge in [0.15, 0.2) is 6.61 Å². The van der Waals surface area contributed by atoms with Crippen molar-refractivity contribution in [1.82, 2.24) is 10.2 Å². The van der Waals surface area contributed by atoms with Crippen LogP contribution in [0.25, 0.3) is 17.5 Å². The Bertz CT molecular complexity index is 967. The Morgan fingerprint density at radius 3 is 2.77 bits per heavy atom. The van der Waals surface area contributed by atoms with Crippen LogP contribution < -0.4 is 0 Å². The van der Waals surface area contributed by atoms with E-state index in [4.69, 9.17) is 32.4 Å². The molecule has 26 heavy (non-hydrogen) atoms. The van der Waals surface area contributed by atoms with E-state index in [1.807, 2.05) is 31.2 Å². The third kappa shape index (κ3) is 4.71. The van der Waals surface area contributed by atoms with Crippen LogP contribution >= 0.6 is 23.2 Å². The van der Waals surface area contributed by atoms with Gasteiger partial charge in [-0.15, -0.1) is 10.2 Å². The Balaban J connectivity index is 1.58. The predicted octanol–water partition coefficient (Wildman–Crippen LogP) is 5.11. The fourth-order valence-electron chi connectivity index (χ4n) is 2.17. The van der Waals surface area contributed by atoms with E-state index in [9.17, 15) is 4.79 Å². The number of nitrogens with zero attached hydrogens (tertiary/aromatic N) is 2. The number of hydrogen-bond donors (Lipinski definition) is 0. The van der Waals surface area contributed by atoms with Gasteiger partial charge in [0.2, 0.25) is 5.89 Å². The van der Waals surface area contributed by atoms with Crippen LogP contribution in [0, 0.1) is 6.92 Å². The van der Waals surface area contributed by atoms with Gasteiger partial charge in [-0.25, -0.2) is 4.79 Å². The van der Waals surface area contributed by atoms with Crippen LogP contribution in [0.4, 0.5) is 0 Å². The van der Waals surface area contributed by atoms with Crippen molar-refractivity contribution < 1.29 is 13.9 Å². The first-order valence-electron chi connectivity index (χ1n) is 7.70. The van der Waals surface area contributed by atoms with E-state index in [1.165, 1.54) is 6.08 Å². The Labute approximate surface area is 160 Å². The minimum atomic E-state index is -0.536. The normalized spacial score (nSPS) is 11.0. The molecule has 132 valence electrons. The van der Waals surface area contributed by atoms with Crippen molar-refractivity contribution in [2.24, 2.45) is 0 Å². The fraction of sp³-hybridized carbons (Fsp3) is 0.105. The van der Waals surface area contributed by atoms with Crippen molar-refractivity contribution in [3.05, 3.63) is 75.6 Å². The number of aromatic nitrogens is 2. The molecule has 0 saturated heterocycles. The van der Waals surface area contributed by atoms with Crippen LogP contribution in [0.5, 0.6) is 0 Å². The SMILES string of the molecule is Cc1cccc(-c2nnc(COC(=O)/C=C/c3ccc(Cl)c(Cl)c3)o2)c1. The molecule has 0 unspecified atom stereocenters. The molecule has 3 rings (SSSR count). The number of aryl methyl sites for hydroxylation is 1. The van der Waals surface area contributed by atoms with Gasteiger partial charge in [0.1, 0.15) is 0 Å². The molecule has 1 heterocycles. The van der Waals surface area contributed by atoms with Crippen molar-refractivity contribution in [3.63, 3.8) is 0 Å². The summed E-state index contributed by atoms with van der Waals surface area (Å²) < 4.78 is 10.6. The van der Waals surface area contributed by atoms with Crippen LogP contribution in [0.2, 0.25) is 10.0 Å². The van der Waals surface area contributed by atoms with Gasteiger partial charge in [-0.3, -0.25) is 0 Å². The summed E-state index contributed by atoms with van der Waals surface area (Å²) in [6.07, 6.45) is 2.87. The number of hydrogen-bond acceptors (Lipinski definition) is 5. The highest BCUT2D eigenvalue weighted by atomic mass is 35.5. The van der Waals surface area contributed by atoms with Gasteiger partial charge in [0.25, 0.3) is 5.89 Å². The predicted molar refractivity (Wildman–Crippen MR) is 99.8 cm³/mol. The Hall–Kier alpha value is -2.63. The summed E-state index contributed by atoms with van der Waals surface area (Å²) >= 11 is 11.8. The maximum Gasteiger partial charge on any atom is 0.331 e. The molecule has 0 N–H and O–H groups in total. The largest absolute Gasteiger partial charge is 0.452 e. The molecular weight excluding hydrogens is 375 g/mol. The molecule has 0 aliphatic heterocycles. The minimum absolute atomic E-state index is 0.108. The molecule has 0 saturated carbocycles. The molecule has 0 radical (unpaired) electrons. The lowest BCUT2D eigenvalue weighted by molar-refractivity contribution is -0.139. The monoisotopic (exact) mass is 388 g/mol. The van der Waals surface area contributed by atoms with Gasteiger partial charge in [-0.2, -0.15) is 0 Å². The summed E-state index contributed by atoms with van der Waals surface area (Å²) in [4.78, 5) is 11.8. The molecule has 0 bridgehead atoms. The molecule has 1 aromatic heterocycles. The molecule has 7 heteroatoms. The third-order valence-electron chi connectivity index (χ3n) is 3.43. The minimum Gasteiger partial charge on any atom is -0.452 e. The Kier molecular flexibility index (Phi) is 5.71. The van der Waals surface area contributed by atoms with Crippen molar-refractivity contribution >= 4 is 35.2 Å². The summed E-state index contributed by atoms with van der Waals surface area (Å²) in [6, 6.07) is 12.7. The fourth-order valence-corrected chi connectivity index (χ4v) is 2.47. The summed E-state index contributed by atoms with van der Waals surface area (Å²) in [5, 5.41) is 8.71. The summed E-state index contributed by atoms with van der Waals surface area (Å²) in [6.45, 7) is 1.87. The second kappa shape index (κ2) is 8.17. The molecule has 0 fully saturated rings. The second-order valence-electron chi connectivity index (χ2n) is 5.49. The number of carbonyl (C=O) groups excluding carboxylic acids is 1. The molecule has 0 spiro atoms. The van der Waals surface area contributed by atoms with Gasteiger partial charge in [-0.05, 0) is 42.8 Å².